The fourth-order valence-electron chi connectivity index (χ4n) is 3.23. The van der Waals surface area contributed by atoms with Crippen molar-refractivity contribution in [3.05, 3.63) is 76.6 Å². The van der Waals surface area contributed by atoms with Crippen LogP contribution in [0.15, 0.2) is 53.2 Å². The van der Waals surface area contributed by atoms with Gasteiger partial charge in [0.15, 0.2) is 11.5 Å². The number of halogens is 6. The Morgan fingerprint density at radius 1 is 1.12 bits per heavy atom. The maximum Gasteiger partial charge on any atom is 0.434 e. The molecule has 0 radical (unpaired) electrons. The van der Waals surface area contributed by atoms with Crippen LogP contribution in [0.3, 0.4) is 0 Å². The number of carbonyl (C=O) groups excluding carboxylic acids is 1. The molecule has 0 unspecified atom stereocenters. The molecule has 2 heterocycles. The molecule has 12 heteroatoms. The second-order valence-electron chi connectivity index (χ2n) is 6.62. The van der Waals surface area contributed by atoms with E-state index in [0.717, 1.165) is 43.6 Å². The Labute approximate surface area is 187 Å². The topological polar surface area (TPSA) is 70.2 Å². The predicted octanol–water partition coefficient (Wildman–Crippen LogP) is 5.93. The number of esters is 1. The van der Waals surface area contributed by atoms with E-state index in [4.69, 9.17) is 16.1 Å². The molecule has 0 aliphatic rings. The van der Waals surface area contributed by atoms with E-state index in [1.807, 2.05) is 0 Å². The van der Waals surface area contributed by atoms with Gasteiger partial charge in [0.2, 0.25) is 0 Å². The van der Waals surface area contributed by atoms with Crippen LogP contribution in [0.25, 0.3) is 28.3 Å². The first-order valence-corrected chi connectivity index (χ1v) is 9.45. The maximum atomic E-state index is 14.5. The van der Waals surface area contributed by atoms with Crippen LogP contribution in [0.2, 0.25) is 5.02 Å². The van der Waals surface area contributed by atoms with E-state index in [2.05, 4.69) is 15.0 Å². The number of hydrogen-bond acceptors (Lipinski definition) is 5. The van der Waals surface area contributed by atoms with Crippen molar-refractivity contribution in [3.8, 4) is 28.3 Å². The summed E-state index contributed by atoms with van der Waals surface area (Å²) in [6.07, 6.45) is -4.19. The Balaban J connectivity index is 2.00. The summed E-state index contributed by atoms with van der Waals surface area (Å²) in [4.78, 5) is 12.5. The van der Waals surface area contributed by atoms with E-state index in [-0.39, 0.29) is 16.3 Å². The van der Waals surface area contributed by atoms with Gasteiger partial charge in [0.05, 0.1) is 35.1 Å². The SMILES string of the molecule is COC(=O)c1c(-c2c(F)cccc2Cl)noc1-c1cnn(-c2ccc(F)cc2)c1C(F)(F)F. The van der Waals surface area contributed by atoms with E-state index in [9.17, 15) is 26.7 Å². The summed E-state index contributed by atoms with van der Waals surface area (Å²) >= 11 is 6.04. The summed E-state index contributed by atoms with van der Waals surface area (Å²) in [6.45, 7) is 0. The normalized spacial score (nSPS) is 11.6. The van der Waals surface area contributed by atoms with Gasteiger partial charge in [-0.15, -0.1) is 0 Å². The molecule has 170 valence electrons. The van der Waals surface area contributed by atoms with Crippen molar-refractivity contribution < 1.29 is 36.0 Å². The summed E-state index contributed by atoms with van der Waals surface area (Å²) in [5, 5.41) is 7.20. The highest BCUT2D eigenvalue weighted by Crippen LogP contribution is 2.43. The molecule has 6 nitrogen and oxygen atoms in total. The quantitative estimate of drug-likeness (QED) is 0.266. The van der Waals surface area contributed by atoms with E-state index in [1.165, 1.54) is 12.1 Å². The van der Waals surface area contributed by atoms with Crippen LogP contribution < -0.4 is 0 Å². The number of benzene rings is 2. The van der Waals surface area contributed by atoms with Crippen LogP contribution in [0.4, 0.5) is 22.0 Å². The monoisotopic (exact) mass is 483 g/mol. The number of alkyl halides is 3. The minimum Gasteiger partial charge on any atom is -0.465 e. The smallest absolute Gasteiger partial charge is 0.434 e. The lowest BCUT2D eigenvalue weighted by atomic mass is 10.0. The van der Waals surface area contributed by atoms with Gasteiger partial charge in [-0.05, 0) is 36.4 Å². The first-order valence-electron chi connectivity index (χ1n) is 9.07. The van der Waals surface area contributed by atoms with Crippen LogP contribution in [-0.4, -0.2) is 28.0 Å². The van der Waals surface area contributed by atoms with E-state index in [0.29, 0.717) is 4.68 Å². The molecule has 0 saturated carbocycles. The molecule has 33 heavy (non-hydrogen) atoms. The second kappa shape index (κ2) is 8.32. The summed E-state index contributed by atoms with van der Waals surface area (Å²) in [7, 11) is 0.985. The van der Waals surface area contributed by atoms with Crippen LogP contribution >= 0.6 is 11.6 Å². The van der Waals surface area contributed by atoms with Crippen molar-refractivity contribution in [1.82, 2.24) is 14.9 Å². The lowest BCUT2D eigenvalue weighted by molar-refractivity contribution is -0.142. The summed E-state index contributed by atoms with van der Waals surface area (Å²) < 4.78 is 80.2. The molecule has 0 bridgehead atoms. The number of methoxy groups -OCH3 is 1. The average molecular weight is 484 g/mol. The highest BCUT2D eigenvalue weighted by molar-refractivity contribution is 6.33. The zero-order chi connectivity index (χ0) is 23.9. The first-order chi connectivity index (χ1) is 15.6. The van der Waals surface area contributed by atoms with Crippen molar-refractivity contribution in [2.45, 2.75) is 6.18 Å². The van der Waals surface area contributed by atoms with Crippen molar-refractivity contribution >= 4 is 17.6 Å². The van der Waals surface area contributed by atoms with E-state index >= 15 is 0 Å². The number of aromatic nitrogens is 3. The zero-order valence-electron chi connectivity index (χ0n) is 16.5. The molecule has 0 spiro atoms. The summed E-state index contributed by atoms with van der Waals surface area (Å²) in [6, 6.07) is 7.75. The second-order valence-corrected chi connectivity index (χ2v) is 7.02. The van der Waals surface area contributed by atoms with Gasteiger partial charge < -0.3 is 9.26 Å². The number of nitrogens with zero attached hydrogens (tertiary/aromatic N) is 3. The van der Waals surface area contributed by atoms with Crippen molar-refractivity contribution in [1.29, 1.82) is 0 Å². The van der Waals surface area contributed by atoms with Crippen molar-refractivity contribution in [3.63, 3.8) is 0 Å². The molecule has 4 rings (SSSR count). The third kappa shape index (κ3) is 3.95. The Bertz CT molecular complexity index is 1330. The Morgan fingerprint density at radius 2 is 1.82 bits per heavy atom. The Hall–Kier alpha value is -3.73. The number of rotatable bonds is 4. The highest BCUT2D eigenvalue weighted by atomic mass is 35.5. The maximum absolute atomic E-state index is 14.5. The van der Waals surface area contributed by atoms with Gasteiger partial charge >= 0.3 is 12.1 Å². The van der Waals surface area contributed by atoms with Crippen molar-refractivity contribution in [2.75, 3.05) is 7.11 Å². The predicted molar refractivity (Wildman–Crippen MR) is 106 cm³/mol. The largest absolute Gasteiger partial charge is 0.465 e. The van der Waals surface area contributed by atoms with Crippen LogP contribution in [0.1, 0.15) is 16.1 Å². The number of hydrogen-bond donors (Lipinski definition) is 0. The molecule has 0 amide bonds. The standard InChI is InChI=1S/C21H11ClF5N3O3/c1-32-20(31)16-17(15-13(22)3-2-4-14(15)24)29-33-18(16)12-9-28-30(19(12)21(25,26)27)11-7-5-10(23)6-8-11/h2-9H,1H3. The minimum absolute atomic E-state index is 0.105. The first kappa shape index (κ1) is 22.5. The van der Waals surface area contributed by atoms with Crippen LogP contribution in [-0.2, 0) is 10.9 Å². The molecule has 0 fully saturated rings. The van der Waals surface area contributed by atoms with Gasteiger partial charge in [0, 0.05) is 0 Å². The Morgan fingerprint density at radius 3 is 2.42 bits per heavy atom. The third-order valence-corrected chi connectivity index (χ3v) is 4.95. The molecule has 0 atom stereocenters. The molecule has 0 aliphatic carbocycles. The summed E-state index contributed by atoms with van der Waals surface area (Å²) in [5.41, 5.74) is -3.48. The summed E-state index contributed by atoms with van der Waals surface area (Å²) in [5.74, 6) is -3.33. The molecule has 0 saturated heterocycles. The molecular weight excluding hydrogens is 473 g/mol. The molecule has 4 aromatic rings. The fourth-order valence-corrected chi connectivity index (χ4v) is 3.48. The van der Waals surface area contributed by atoms with E-state index < -0.39 is 52.1 Å². The number of carbonyl (C=O) groups is 1. The van der Waals surface area contributed by atoms with Gasteiger partial charge in [-0.1, -0.05) is 22.8 Å². The molecule has 0 N–H and O–H groups in total. The lowest BCUT2D eigenvalue weighted by Crippen LogP contribution is -2.15. The third-order valence-electron chi connectivity index (χ3n) is 4.63. The van der Waals surface area contributed by atoms with Crippen LogP contribution in [0, 0.1) is 11.6 Å². The van der Waals surface area contributed by atoms with Crippen molar-refractivity contribution in [2.24, 2.45) is 0 Å². The molecular formula is C21H11ClF5N3O3. The van der Waals surface area contributed by atoms with Gasteiger partial charge in [0.25, 0.3) is 0 Å². The lowest BCUT2D eigenvalue weighted by Gasteiger charge is -2.12. The van der Waals surface area contributed by atoms with Crippen LogP contribution in [0.5, 0.6) is 0 Å². The van der Waals surface area contributed by atoms with E-state index in [1.54, 1.807) is 0 Å². The van der Waals surface area contributed by atoms with Gasteiger partial charge in [-0.2, -0.15) is 18.3 Å². The van der Waals surface area contributed by atoms with Gasteiger partial charge in [-0.25, -0.2) is 18.3 Å². The number of ether oxygens (including phenoxy) is 1. The molecule has 0 aliphatic heterocycles. The Kier molecular flexibility index (Phi) is 5.66. The zero-order valence-corrected chi connectivity index (χ0v) is 17.2. The molecule has 2 aromatic carbocycles. The average Bonchev–Trinajstić information content (AvgIpc) is 3.38. The van der Waals surface area contributed by atoms with Gasteiger partial charge in [0.1, 0.15) is 22.9 Å². The fraction of sp³-hybridized carbons (Fsp3) is 0.0952. The minimum atomic E-state index is -4.99. The van der Waals surface area contributed by atoms with Gasteiger partial charge in [-0.3, -0.25) is 0 Å². The molecule has 2 aromatic heterocycles. The highest BCUT2D eigenvalue weighted by Gasteiger charge is 2.42.